The van der Waals surface area contributed by atoms with Gasteiger partial charge in [0.1, 0.15) is 5.69 Å². The zero-order valence-corrected chi connectivity index (χ0v) is 17.8. The summed E-state index contributed by atoms with van der Waals surface area (Å²) in [6.07, 6.45) is 0. The van der Waals surface area contributed by atoms with E-state index in [0.717, 1.165) is 30.2 Å². The second-order valence-corrected chi connectivity index (χ2v) is 8.27. The Morgan fingerprint density at radius 2 is 1.72 bits per heavy atom. The number of carbonyl (C=O) groups excluding carboxylic acids is 1. The molecule has 0 aliphatic carbocycles. The van der Waals surface area contributed by atoms with E-state index in [1.807, 2.05) is 23.1 Å². The fourth-order valence-electron chi connectivity index (χ4n) is 3.44. The van der Waals surface area contributed by atoms with E-state index in [-0.39, 0.29) is 5.91 Å². The number of amides is 1. The second-order valence-electron chi connectivity index (χ2n) is 6.99. The van der Waals surface area contributed by atoms with Crippen LogP contribution in [-0.2, 0) is 6.54 Å². The Hall–Kier alpha value is -2.05. The molecule has 5 nitrogen and oxygen atoms in total. The molecule has 2 heterocycles. The molecule has 0 atom stereocenters. The van der Waals surface area contributed by atoms with E-state index >= 15 is 0 Å². The number of aromatic amines is 1. The van der Waals surface area contributed by atoms with Crippen molar-refractivity contribution in [2.24, 2.45) is 0 Å². The van der Waals surface area contributed by atoms with Crippen molar-refractivity contribution in [1.82, 2.24) is 20.0 Å². The Balaban J connectivity index is 1.38. The number of nitrogens with one attached hydrogen (secondary N) is 1. The van der Waals surface area contributed by atoms with Gasteiger partial charge in [-0.05, 0) is 42.0 Å². The van der Waals surface area contributed by atoms with Crippen molar-refractivity contribution >= 4 is 40.7 Å². The number of carbonyl (C=O) groups is 1. The summed E-state index contributed by atoms with van der Waals surface area (Å²) >= 11 is 18.3. The lowest BCUT2D eigenvalue weighted by Gasteiger charge is -2.34. The van der Waals surface area contributed by atoms with Crippen molar-refractivity contribution in [3.63, 3.8) is 0 Å². The largest absolute Gasteiger partial charge is 0.335 e. The molecular weight excluding hydrogens is 431 g/mol. The van der Waals surface area contributed by atoms with Crippen LogP contribution in [0.4, 0.5) is 0 Å². The lowest BCUT2D eigenvalue weighted by molar-refractivity contribution is 0.0622. The first-order valence-electron chi connectivity index (χ1n) is 9.26. The third-order valence-electron chi connectivity index (χ3n) is 4.97. The molecule has 29 heavy (non-hydrogen) atoms. The van der Waals surface area contributed by atoms with Gasteiger partial charge in [-0.1, -0.05) is 46.9 Å². The number of rotatable bonds is 4. The summed E-state index contributed by atoms with van der Waals surface area (Å²) in [5.41, 5.74) is 2.98. The van der Waals surface area contributed by atoms with Crippen LogP contribution in [-0.4, -0.2) is 52.1 Å². The van der Waals surface area contributed by atoms with E-state index in [9.17, 15) is 4.79 Å². The first-order chi connectivity index (χ1) is 14.0. The average molecular weight is 450 g/mol. The molecule has 1 aromatic heterocycles. The molecule has 1 saturated heterocycles. The maximum Gasteiger partial charge on any atom is 0.271 e. The van der Waals surface area contributed by atoms with Gasteiger partial charge in [-0.2, -0.15) is 5.10 Å². The summed E-state index contributed by atoms with van der Waals surface area (Å²) in [4.78, 5) is 17.0. The van der Waals surface area contributed by atoms with E-state index in [4.69, 9.17) is 34.8 Å². The van der Waals surface area contributed by atoms with Crippen LogP contribution < -0.4 is 0 Å². The number of piperazine rings is 1. The standard InChI is InChI=1S/C21H19Cl3N4O/c22-15-3-1-2-14(10-15)13-27-6-8-28(9-7-27)21(29)20-12-19(25-26-20)17-5-4-16(23)11-18(17)24/h1-5,10-12H,6-9,13H2,(H,25,26). The summed E-state index contributed by atoms with van der Waals surface area (Å²) in [6.45, 7) is 3.77. The molecule has 4 rings (SSSR count). The van der Waals surface area contributed by atoms with Crippen molar-refractivity contribution in [3.8, 4) is 11.3 Å². The fourth-order valence-corrected chi connectivity index (χ4v) is 4.16. The predicted molar refractivity (Wildman–Crippen MR) is 117 cm³/mol. The monoisotopic (exact) mass is 448 g/mol. The van der Waals surface area contributed by atoms with Crippen LogP contribution in [0, 0.1) is 0 Å². The van der Waals surface area contributed by atoms with Gasteiger partial charge in [0.15, 0.2) is 0 Å². The van der Waals surface area contributed by atoms with Gasteiger partial charge in [0.05, 0.1) is 10.7 Å². The van der Waals surface area contributed by atoms with Crippen molar-refractivity contribution in [2.45, 2.75) is 6.54 Å². The summed E-state index contributed by atoms with van der Waals surface area (Å²) in [5, 5.41) is 8.89. The normalized spacial score (nSPS) is 14.9. The molecule has 0 saturated carbocycles. The minimum atomic E-state index is -0.0590. The number of H-pyrrole nitrogens is 1. The lowest BCUT2D eigenvalue weighted by Crippen LogP contribution is -2.48. The molecule has 150 valence electrons. The third kappa shape index (κ3) is 4.75. The minimum absolute atomic E-state index is 0.0590. The molecule has 1 aliphatic rings. The third-order valence-corrected chi connectivity index (χ3v) is 5.75. The number of halogens is 3. The van der Waals surface area contributed by atoms with Crippen LogP contribution in [0.5, 0.6) is 0 Å². The highest BCUT2D eigenvalue weighted by Gasteiger charge is 2.24. The molecule has 0 unspecified atom stereocenters. The average Bonchev–Trinajstić information content (AvgIpc) is 3.18. The van der Waals surface area contributed by atoms with Crippen LogP contribution in [0.2, 0.25) is 15.1 Å². The molecule has 2 aromatic carbocycles. The summed E-state index contributed by atoms with van der Waals surface area (Å²) in [6, 6.07) is 14.8. The van der Waals surface area contributed by atoms with E-state index in [2.05, 4.69) is 21.2 Å². The fraction of sp³-hybridized carbons (Fsp3) is 0.238. The molecule has 1 aliphatic heterocycles. The van der Waals surface area contributed by atoms with Gasteiger partial charge in [-0.15, -0.1) is 0 Å². The first-order valence-corrected chi connectivity index (χ1v) is 10.4. The van der Waals surface area contributed by atoms with Crippen molar-refractivity contribution in [2.75, 3.05) is 26.2 Å². The zero-order valence-electron chi connectivity index (χ0n) is 15.5. The van der Waals surface area contributed by atoms with E-state index < -0.39 is 0 Å². The molecule has 1 N–H and O–H groups in total. The highest BCUT2D eigenvalue weighted by molar-refractivity contribution is 6.36. The van der Waals surface area contributed by atoms with Gasteiger partial charge in [-0.3, -0.25) is 14.8 Å². The molecular formula is C21H19Cl3N4O. The highest BCUT2D eigenvalue weighted by atomic mass is 35.5. The molecule has 0 radical (unpaired) electrons. The highest BCUT2D eigenvalue weighted by Crippen LogP contribution is 2.29. The van der Waals surface area contributed by atoms with Gasteiger partial charge in [0.2, 0.25) is 0 Å². The SMILES string of the molecule is O=C(c1cc(-c2ccc(Cl)cc2Cl)n[nH]1)N1CCN(Cc2cccc(Cl)c2)CC1. The summed E-state index contributed by atoms with van der Waals surface area (Å²) < 4.78 is 0. The van der Waals surface area contributed by atoms with Crippen LogP contribution >= 0.6 is 34.8 Å². The smallest absolute Gasteiger partial charge is 0.271 e. The number of hydrogen-bond acceptors (Lipinski definition) is 3. The van der Waals surface area contributed by atoms with Crippen molar-refractivity contribution < 1.29 is 4.79 Å². The van der Waals surface area contributed by atoms with Crippen LogP contribution in [0.3, 0.4) is 0 Å². The number of hydrogen-bond donors (Lipinski definition) is 1. The Morgan fingerprint density at radius 1 is 0.966 bits per heavy atom. The lowest BCUT2D eigenvalue weighted by atomic mass is 10.1. The zero-order chi connectivity index (χ0) is 20.4. The maximum atomic E-state index is 12.9. The van der Waals surface area contributed by atoms with Crippen LogP contribution in [0.1, 0.15) is 16.1 Å². The molecule has 0 bridgehead atoms. The summed E-state index contributed by atoms with van der Waals surface area (Å²) in [5.74, 6) is -0.0590. The molecule has 1 fully saturated rings. The molecule has 8 heteroatoms. The van der Waals surface area contributed by atoms with E-state index in [1.54, 1.807) is 24.3 Å². The van der Waals surface area contributed by atoms with Crippen LogP contribution in [0.15, 0.2) is 48.5 Å². The van der Waals surface area contributed by atoms with Gasteiger partial charge in [-0.25, -0.2) is 0 Å². The number of benzene rings is 2. The maximum absolute atomic E-state index is 12.9. The summed E-state index contributed by atoms with van der Waals surface area (Å²) in [7, 11) is 0. The molecule has 1 amide bonds. The van der Waals surface area contributed by atoms with Gasteiger partial charge in [0.25, 0.3) is 5.91 Å². The minimum Gasteiger partial charge on any atom is -0.335 e. The molecule has 3 aromatic rings. The van der Waals surface area contributed by atoms with Gasteiger partial charge < -0.3 is 4.90 Å². The van der Waals surface area contributed by atoms with Gasteiger partial charge >= 0.3 is 0 Å². The predicted octanol–water partition coefficient (Wildman–Crippen LogP) is 4.99. The Morgan fingerprint density at radius 3 is 2.45 bits per heavy atom. The Bertz CT molecular complexity index is 1030. The number of aromatic nitrogens is 2. The molecule has 0 spiro atoms. The van der Waals surface area contributed by atoms with E-state index in [0.29, 0.717) is 34.5 Å². The first kappa shape index (κ1) is 20.2. The Labute approximate surface area is 184 Å². The van der Waals surface area contributed by atoms with E-state index in [1.165, 1.54) is 5.56 Å². The van der Waals surface area contributed by atoms with Crippen molar-refractivity contribution in [3.05, 3.63) is 74.9 Å². The topological polar surface area (TPSA) is 52.2 Å². The van der Waals surface area contributed by atoms with Gasteiger partial charge in [0, 0.05) is 48.3 Å². The van der Waals surface area contributed by atoms with Crippen LogP contribution in [0.25, 0.3) is 11.3 Å². The quantitative estimate of drug-likeness (QED) is 0.610. The number of nitrogens with zero attached hydrogens (tertiary/aromatic N) is 3. The Kier molecular flexibility index (Phi) is 6.11. The van der Waals surface area contributed by atoms with Crippen molar-refractivity contribution in [1.29, 1.82) is 0 Å². The second kappa shape index (κ2) is 8.76.